The standard InChI is InChI=1S/C26H20F3N5O3/c27-26(28,29)18-12-17(10-11-35)22(30-14-18)24-33-34-25(37-24)32-23-20(36)13-16-8-4-5-9-19(16)21(31-23)15-6-2-1-3-7-15/h1-9,12,14,23,35H,10-11,13H2,(H,32,34). The molecule has 0 bridgehead atoms. The van der Waals surface area contributed by atoms with Gasteiger partial charge in [-0.1, -0.05) is 59.7 Å². The van der Waals surface area contributed by atoms with Crippen LogP contribution >= 0.6 is 0 Å². The second-order valence-corrected chi connectivity index (χ2v) is 8.31. The van der Waals surface area contributed by atoms with E-state index in [1.807, 2.05) is 54.6 Å². The first-order valence-corrected chi connectivity index (χ1v) is 11.3. The van der Waals surface area contributed by atoms with Gasteiger partial charge in [0.05, 0.1) is 11.3 Å². The number of aromatic nitrogens is 3. The molecule has 1 atom stereocenters. The number of Topliss-reactive ketones (excluding diaryl/α,β-unsaturated/α-hetero) is 1. The van der Waals surface area contributed by atoms with Crippen molar-refractivity contribution in [3.05, 3.63) is 94.7 Å². The molecule has 0 aliphatic carbocycles. The van der Waals surface area contributed by atoms with Crippen molar-refractivity contribution in [2.75, 3.05) is 11.9 Å². The molecular formula is C26H20F3N5O3. The topological polar surface area (TPSA) is 114 Å². The molecule has 0 amide bonds. The maximum Gasteiger partial charge on any atom is 0.417 e. The van der Waals surface area contributed by atoms with Crippen molar-refractivity contribution >= 4 is 17.5 Å². The third-order valence-electron chi connectivity index (χ3n) is 5.81. The number of halogens is 3. The van der Waals surface area contributed by atoms with Crippen molar-refractivity contribution in [2.24, 2.45) is 4.99 Å². The van der Waals surface area contributed by atoms with Gasteiger partial charge in [0, 0.05) is 30.4 Å². The van der Waals surface area contributed by atoms with Crippen molar-refractivity contribution in [2.45, 2.75) is 25.2 Å². The monoisotopic (exact) mass is 507 g/mol. The largest absolute Gasteiger partial charge is 0.417 e. The number of carbonyl (C=O) groups is 1. The smallest absolute Gasteiger partial charge is 0.402 e. The van der Waals surface area contributed by atoms with Crippen LogP contribution in [-0.2, 0) is 23.8 Å². The Kier molecular flexibility index (Phi) is 6.53. The molecule has 0 saturated carbocycles. The van der Waals surface area contributed by atoms with Crippen molar-refractivity contribution in [1.82, 2.24) is 15.2 Å². The van der Waals surface area contributed by atoms with Gasteiger partial charge in [0.2, 0.25) is 0 Å². The van der Waals surface area contributed by atoms with E-state index < -0.39 is 24.5 Å². The Morgan fingerprint density at radius 1 is 1.05 bits per heavy atom. The molecular weight excluding hydrogens is 487 g/mol. The van der Waals surface area contributed by atoms with Crippen LogP contribution in [0.1, 0.15) is 27.8 Å². The number of hydrogen-bond donors (Lipinski definition) is 2. The van der Waals surface area contributed by atoms with E-state index >= 15 is 0 Å². The second kappa shape index (κ2) is 9.94. The van der Waals surface area contributed by atoms with Gasteiger partial charge in [0.25, 0.3) is 5.89 Å². The number of aliphatic hydroxyl groups excluding tert-OH is 1. The van der Waals surface area contributed by atoms with Crippen LogP contribution in [0.4, 0.5) is 19.2 Å². The number of carbonyl (C=O) groups excluding carboxylic acids is 1. The number of pyridine rings is 1. The van der Waals surface area contributed by atoms with Crippen molar-refractivity contribution in [3.63, 3.8) is 0 Å². The zero-order valence-corrected chi connectivity index (χ0v) is 19.2. The van der Waals surface area contributed by atoms with Crippen molar-refractivity contribution < 1.29 is 27.5 Å². The van der Waals surface area contributed by atoms with E-state index in [4.69, 9.17) is 4.42 Å². The van der Waals surface area contributed by atoms with E-state index in [0.717, 1.165) is 22.8 Å². The molecule has 0 spiro atoms. The Labute approximate surface area is 208 Å². The molecule has 0 fully saturated rings. The third-order valence-corrected chi connectivity index (χ3v) is 5.81. The normalized spacial score (nSPS) is 15.6. The van der Waals surface area contributed by atoms with E-state index in [1.54, 1.807) is 0 Å². The van der Waals surface area contributed by atoms with E-state index in [9.17, 15) is 23.1 Å². The number of nitrogens with zero attached hydrogens (tertiary/aromatic N) is 4. The van der Waals surface area contributed by atoms with Crippen LogP contribution in [0.25, 0.3) is 11.6 Å². The summed E-state index contributed by atoms with van der Waals surface area (Å²) in [6.07, 6.45) is -4.95. The number of benzene rings is 2. The average molecular weight is 507 g/mol. The summed E-state index contributed by atoms with van der Waals surface area (Å²) in [4.78, 5) is 21.6. The van der Waals surface area contributed by atoms with E-state index in [-0.39, 0.29) is 41.8 Å². The Morgan fingerprint density at radius 2 is 1.81 bits per heavy atom. The molecule has 0 saturated heterocycles. The van der Waals surface area contributed by atoms with Crippen LogP contribution in [-0.4, -0.2) is 44.6 Å². The van der Waals surface area contributed by atoms with Crippen LogP contribution in [0.2, 0.25) is 0 Å². The summed E-state index contributed by atoms with van der Waals surface area (Å²) in [5.74, 6) is -0.386. The highest BCUT2D eigenvalue weighted by atomic mass is 19.4. The van der Waals surface area contributed by atoms with Gasteiger partial charge in [0.15, 0.2) is 11.9 Å². The molecule has 2 aromatic heterocycles. The molecule has 4 aromatic rings. The van der Waals surface area contributed by atoms with Crippen LogP contribution in [0.5, 0.6) is 0 Å². The lowest BCUT2D eigenvalue weighted by molar-refractivity contribution is -0.137. The number of nitrogens with one attached hydrogen (secondary N) is 1. The fourth-order valence-electron chi connectivity index (χ4n) is 4.06. The molecule has 2 N–H and O–H groups in total. The van der Waals surface area contributed by atoms with Crippen LogP contribution < -0.4 is 5.32 Å². The first kappa shape index (κ1) is 24.3. The number of fused-ring (bicyclic) bond motifs is 1. The van der Waals surface area contributed by atoms with E-state index in [0.29, 0.717) is 11.9 Å². The van der Waals surface area contributed by atoms with Gasteiger partial charge in [0.1, 0.15) is 5.69 Å². The predicted octanol–water partition coefficient (Wildman–Crippen LogP) is 4.09. The lowest BCUT2D eigenvalue weighted by Gasteiger charge is -2.12. The number of ketones is 1. The number of hydrogen-bond acceptors (Lipinski definition) is 8. The highest BCUT2D eigenvalue weighted by Crippen LogP contribution is 2.32. The quantitative estimate of drug-likeness (QED) is 0.404. The van der Waals surface area contributed by atoms with Crippen LogP contribution in [0.15, 0.2) is 76.3 Å². The molecule has 11 heteroatoms. The van der Waals surface area contributed by atoms with Gasteiger partial charge in [-0.25, -0.2) is 0 Å². The highest BCUT2D eigenvalue weighted by molar-refractivity contribution is 6.16. The van der Waals surface area contributed by atoms with Crippen LogP contribution in [0.3, 0.4) is 0 Å². The SMILES string of the molecule is O=C1Cc2ccccc2C(c2ccccc2)=NC1Nc1nnc(-c2ncc(C(F)(F)F)cc2CCO)o1. The summed E-state index contributed by atoms with van der Waals surface area (Å²) in [7, 11) is 0. The minimum Gasteiger partial charge on any atom is -0.402 e. The number of rotatable bonds is 6. The zero-order valence-electron chi connectivity index (χ0n) is 19.2. The van der Waals surface area contributed by atoms with Gasteiger partial charge in [-0.05, 0) is 23.6 Å². The average Bonchev–Trinajstić information content (AvgIpc) is 3.30. The third kappa shape index (κ3) is 5.12. The number of anilines is 1. The van der Waals surface area contributed by atoms with Crippen LogP contribution in [0, 0.1) is 0 Å². The maximum absolute atomic E-state index is 13.1. The van der Waals surface area contributed by atoms with Gasteiger partial charge >= 0.3 is 12.2 Å². The minimum atomic E-state index is -4.59. The molecule has 0 radical (unpaired) electrons. The van der Waals surface area contributed by atoms with Crippen molar-refractivity contribution in [1.29, 1.82) is 0 Å². The molecule has 5 rings (SSSR count). The molecule has 1 unspecified atom stereocenters. The molecule has 188 valence electrons. The lowest BCUT2D eigenvalue weighted by Crippen LogP contribution is -2.29. The molecule has 1 aliphatic rings. The fraction of sp³-hybridized carbons (Fsp3) is 0.192. The van der Waals surface area contributed by atoms with Gasteiger partial charge in [-0.3, -0.25) is 14.8 Å². The lowest BCUT2D eigenvalue weighted by atomic mass is 9.96. The fourth-order valence-corrected chi connectivity index (χ4v) is 4.06. The summed E-state index contributed by atoms with van der Waals surface area (Å²) in [6, 6.07) is 17.7. The summed E-state index contributed by atoms with van der Waals surface area (Å²) in [5, 5.41) is 19.9. The maximum atomic E-state index is 13.1. The Morgan fingerprint density at radius 3 is 2.57 bits per heavy atom. The zero-order chi connectivity index (χ0) is 26.0. The Bertz CT molecular complexity index is 1470. The summed E-state index contributed by atoms with van der Waals surface area (Å²) < 4.78 is 45.0. The van der Waals surface area contributed by atoms with E-state index in [1.165, 1.54) is 0 Å². The summed E-state index contributed by atoms with van der Waals surface area (Å²) in [6.45, 7) is -0.399. The Balaban J connectivity index is 1.48. The molecule has 2 aromatic carbocycles. The number of aliphatic hydroxyl groups is 1. The summed E-state index contributed by atoms with van der Waals surface area (Å²) in [5.41, 5.74) is 2.25. The number of alkyl halides is 3. The predicted molar refractivity (Wildman–Crippen MR) is 128 cm³/mol. The van der Waals surface area contributed by atoms with E-state index in [2.05, 4.69) is 25.5 Å². The minimum absolute atomic E-state index is 0.00988. The van der Waals surface area contributed by atoms with Gasteiger partial charge in [-0.2, -0.15) is 13.2 Å². The highest BCUT2D eigenvalue weighted by Gasteiger charge is 2.32. The van der Waals surface area contributed by atoms with Gasteiger partial charge < -0.3 is 14.8 Å². The first-order valence-electron chi connectivity index (χ1n) is 11.3. The van der Waals surface area contributed by atoms with Gasteiger partial charge in [-0.15, -0.1) is 5.10 Å². The number of aliphatic imine (C=N–C) groups is 1. The molecule has 1 aliphatic heterocycles. The molecule has 8 nitrogen and oxygen atoms in total. The second-order valence-electron chi connectivity index (χ2n) is 8.31. The first-order chi connectivity index (χ1) is 17.8. The molecule has 3 heterocycles. The van der Waals surface area contributed by atoms with Crippen molar-refractivity contribution in [3.8, 4) is 11.6 Å². The summed E-state index contributed by atoms with van der Waals surface area (Å²) >= 11 is 0. The Hall–Kier alpha value is -4.38. The molecule has 37 heavy (non-hydrogen) atoms.